The summed E-state index contributed by atoms with van der Waals surface area (Å²) in [7, 11) is 5.51. The summed E-state index contributed by atoms with van der Waals surface area (Å²) < 4.78 is 10.8. The van der Waals surface area contributed by atoms with E-state index in [1.807, 2.05) is 24.4 Å². The molecule has 0 aliphatic carbocycles. The molecule has 1 aromatic carbocycles. The molecule has 7 heteroatoms. The third kappa shape index (κ3) is 4.05. The number of nitrogens with zero attached hydrogens (tertiary/aromatic N) is 3. The number of benzene rings is 1. The molecule has 24 heavy (non-hydrogen) atoms. The predicted molar refractivity (Wildman–Crippen MR) is 96.6 cm³/mol. The zero-order valence-electron chi connectivity index (χ0n) is 14.4. The van der Waals surface area contributed by atoms with E-state index < -0.39 is 0 Å². The van der Waals surface area contributed by atoms with Crippen molar-refractivity contribution in [3.8, 4) is 21.9 Å². The van der Waals surface area contributed by atoms with Crippen LogP contribution in [0.3, 0.4) is 0 Å². The number of aromatic nitrogens is 1. The number of likely N-dealkylation sites (N-methyl/N-ethyl adjacent to an activating group) is 1. The minimum atomic E-state index is 0.751. The standard InChI is InChI=1S/C17H24N4O2S/c1-20-6-8-21(9-7-20)19-12-17-18-11-16(24-17)14-10-13(22-2)4-5-15(14)23-3/h4-5,10-11,19H,6-9,12H2,1-3H3. The largest absolute Gasteiger partial charge is 0.497 e. The van der Waals surface area contributed by atoms with E-state index in [1.54, 1.807) is 25.6 Å². The van der Waals surface area contributed by atoms with Gasteiger partial charge in [0, 0.05) is 37.9 Å². The lowest BCUT2D eigenvalue weighted by Gasteiger charge is -2.32. The molecule has 0 atom stereocenters. The molecule has 1 aliphatic rings. The summed E-state index contributed by atoms with van der Waals surface area (Å²) in [5.41, 5.74) is 4.49. The van der Waals surface area contributed by atoms with Crippen LogP contribution in [-0.4, -0.2) is 62.3 Å². The van der Waals surface area contributed by atoms with Gasteiger partial charge in [0.2, 0.25) is 0 Å². The highest BCUT2D eigenvalue weighted by Gasteiger charge is 2.15. The molecule has 6 nitrogen and oxygen atoms in total. The Kier molecular flexibility index (Phi) is 5.68. The monoisotopic (exact) mass is 348 g/mol. The maximum absolute atomic E-state index is 5.47. The van der Waals surface area contributed by atoms with Gasteiger partial charge >= 0.3 is 0 Å². The normalized spacial score (nSPS) is 16.3. The summed E-state index contributed by atoms with van der Waals surface area (Å²) in [6, 6.07) is 5.82. The van der Waals surface area contributed by atoms with E-state index in [9.17, 15) is 0 Å². The fourth-order valence-corrected chi connectivity index (χ4v) is 3.54. The molecule has 1 aromatic heterocycles. The van der Waals surface area contributed by atoms with E-state index in [1.165, 1.54) is 0 Å². The topological polar surface area (TPSA) is 49.9 Å². The first-order valence-corrected chi connectivity index (χ1v) is 8.85. The van der Waals surface area contributed by atoms with Gasteiger partial charge in [0.25, 0.3) is 0 Å². The van der Waals surface area contributed by atoms with Crippen molar-refractivity contribution in [3.63, 3.8) is 0 Å². The summed E-state index contributed by atoms with van der Waals surface area (Å²) in [6.45, 7) is 5.02. The Balaban J connectivity index is 1.67. The quantitative estimate of drug-likeness (QED) is 0.863. The lowest BCUT2D eigenvalue weighted by Crippen LogP contribution is -2.50. The highest BCUT2D eigenvalue weighted by Crippen LogP contribution is 2.36. The second-order valence-corrected chi connectivity index (χ2v) is 6.92. The van der Waals surface area contributed by atoms with Crippen molar-refractivity contribution >= 4 is 11.3 Å². The third-order valence-corrected chi connectivity index (χ3v) is 5.21. The molecule has 1 saturated heterocycles. The van der Waals surface area contributed by atoms with E-state index in [2.05, 4.69) is 27.4 Å². The van der Waals surface area contributed by atoms with Crippen molar-refractivity contribution in [2.45, 2.75) is 6.54 Å². The third-order valence-electron chi connectivity index (χ3n) is 4.18. The molecular weight excluding hydrogens is 324 g/mol. The summed E-state index contributed by atoms with van der Waals surface area (Å²) in [5, 5.41) is 3.33. The molecule has 0 saturated carbocycles. The van der Waals surface area contributed by atoms with Gasteiger partial charge in [0.15, 0.2) is 0 Å². The molecule has 0 unspecified atom stereocenters. The minimum Gasteiger partial charge on any atom is -0.497 e. The number of piperazine rings is 1. The zero-order chi connectivity index (χ0) is 16.9. The van der Waals surface area contributed by atoms with Crippen LogP contribution in [0.1, 0.15) is 5.01 Å². The van der Waals surface area contributed by atoms with E-state index >= 15 is 0 Å². The molecule has 1 N–H and O–H groups in total. The van der Waals surface area contributed by atoms with Crippen molar-refractivity contribution in [1.82, 2.24) is 20.3 Å². The SMILES string of the molecule is COc1ccc(OC)c(-c2cnc(CNN3CCN(C)CC3)s2)c1. The molecule has 0 spiro atoms. The van der Waals surface area contributed by atoms with Crippen LogP contribution in [0.5, 0.6) is 11.5 Å². The number of hydrogen-bond acceptors (Lipinski definition) is 7. The zero-order valence-corrected chi connectivity index (χ0v) is 15.2. The van der Waals surface area contributed by atoms with Gasteiger partial charge in [-0.05, 0) is 25.2 Å². The first kappa shape index (κ1) is 17.2. The van der Waals surface area contributed by atoms with Crippen LogP contribution in [0.15, 0.2) is 24.4 Å². The Hall–Kier alpha value is -1.67. The molecule has 1 aliphatic heterocycles. The number of hydrogen-bond donors (Lipinski definition) is 1. The average molecular weight is 348 g/mol. The van der Waals surface area contributed by atoms with Gasteiger partial charge in [-0.1, -0.05) is 0 Å². The van der Waals surface area contributed by atoms with Gasteiger partial charge < -0.3 is 14.4 Å². The van der Waals surface area contributed by atoms with Gasteiger partial charge in [-0.3, -0.25) is 0 Å². The Morgan fingerprint density at radius 2 is 1.96 bits per heavy atom. The van der Waals surface area contributed by atoms with Gasteiger partial charge in [0.05, 0.1) is 25.6 Å². The van der Waals surface area contributed by atoms with Crippen LogP contribution in [0, 0.1) is 0 Å². The smallest absolute Gasteiger partial charge is 0.127 e. The Morgan fingerprint density at radius 3 is 2.67 bits per heavy atom. The molecule has 0 amide bonds. The molecular formula is C17H24N4O2S. The van der Waals surface area contributed by atoms with Crippen LogP contribution >= 0.6 is 11.3 Å². The highest BCUT2D eigenvalue weighted by molar-refractivity contribution is 7.15. The second-order valence-electron chi connectivity index (χ2n) is 5.81. The summed E-state index contributed by atoms with van der Waals surface area (Å²) in [6.07, 6.45) is 1.91. The van der Waals surface area contributed by atoms with Gasteiger partial charge in [-0.2, -0.15) is 0 Å². The number of methoxy groups -OCH3 is 2. The maximum Gasteiger partial charge on any atom is 0.127 e. The number of thiazole rings is 1. The van der Waals surface area contributed by atoms with E-state index in [0.717, 1.165) is 59.7 Å². The van der Waals surface area contributed by atoms with Crippen molar-refractivity contribution in [1.29, 1.82) is 0 Å². The van der Waals surface area contributed by atoms with Crippen LogP contribution in [0.25, 0.3) is 10.4 Å². The molecule has 130 valence electrons. The fraction of sp³-hybridized carbons (Fsp3) is 0.471. The maximum atomic E-state index is 5.47. The molecule has 3 rings (SSSR count). The Morgan fingerprint density at radius 1 is 1.17 bits per heavy atom. The van der Waals surface area contributed by atoms with Crippen LogP contribution in [0.2, 0.25) is 0 Å². The number of ether oxygens (including phenoxy) is 2. The van der Waals surface area contributed by atoms with Crippen LogP contribution < -0.4 is 14.9 Å². The second kappa shape index (κ2) is 7.94. The van der Waals surface area contributed by atoms with Crippen molar-refractivity contribution in [2.75, 3.05) is 47.4 Å². The highest BCUT2D eigenvalue weighted by atomic mass is 32.1. The van der Waals surface area contributed by atoms with E-state index in [-0.39, 0.29) is 0 Å². The van der Waals surface area contributed by atoms with Crippen molar-refractivity contribution in [2.24, 2.45) is 0 Å². The molecule has 2 heterocycles. The summed E-state index contributed by atoms with van der Waals surface area (Å²) in [5.74, 6) is 1.65. The Bertz CT molecular complexity index is 668. The summed E-state index contributed by atoms with van der Waals surface area (Å²) >= 11 is 1.68. The van der Waals surface area contributed by atoms with Gasteiger partial charge in [0.1, 0.15) is 16.5 Å². The predicted octanol–water partition coefficient (Wildman–Crippen LogP) is 2.08. The van der Waals surface area contributed by atoms with Crippen molar-refractivity contribution < 1.29 is 9.47 Å². The first-order chi connectivity index (χ1) is 11.7. The van der Waals surface area contributed by atoms with Crippen LogP contribution in [-0.2, 0) is 6.54 Å². The molecule has 1 fully saturated rings. The lowest BCUT2D eigenvalue weighted by atomic mass is 10.1. The minimum absolute atomic E-state index is 0.751. The van der Waals surface area contributed by atoms with Crippen molar-refractivity contribution in [3.05, 3.63) is 29.4 Å². The van der Waals surface area contributed by atoms with Gasteiger partial charge in [-0.25, -0.2) is 15.4 Å². The van der Waals surface area contributed by atoms with E-state index in [0.29, 0.717) is 0 Å². The summed E-state index contributed by atoms with van der Waals surface area (Å²) in [4.78, 5) is 7.97. The average Bonchev–Trinajstić information content (AvgIpc) is 3.09. The fourth-order valence-electron chi connectivity index (χ4n) is 2.67. The Labute approximate surface area is 147 Å². The molecule has 0 radical (unpaired) electrons. The molecule has 2 aromatic rings. The van der Waals surface area contributed by atoms with E-state index in [4.69, 9.17) is 9.47 Å². The first-order valence-electron chi connectivity index (χ1n) is 8.03. The van der Waals surface area contributed by atoms with Crippen LogP contribution in [0.4, 0.5) is 0 Å². The number of hydrazine groups is 1. The lowest BCUT2D eigenvalue weighted by molar-refractivity contribution is 0.102. The number of nitrogens with one attached hydrogen (secondary N) is 1. The number of rotatable bonds is 6. The van der Waals surface area contributed by atoms with Gasteiger partial charge in [-0.15, -0.1) is 11.3 Å². The molecule has 0 bridgehead atoms.